The third-order valence-electron chi connectivity index (χ3n) is 6.77. The maximum Gasteiger partial charge on any atom is 0.150 e. The molecule has 0 bridgehead atoms. The summed E-state index contributed by atoms with van der Waals surface area (Å²) in [5.41, 5.74) is 5.06. The van der Waals surface area contributed by atoms with Gasteiger partial charge in [0.15, 0.2) is 0 Å². The lowest BCUT2D eigenvalue weighted by Crippen LogP contribution is -2.33. The molecule has 0 aliphatic carbocycles. The molecule has 1 fully saturated rings. The molecule has 2 aliphatic rings. The van der Waals surface area contributed by atoms with Crippen molar-refractivity contribution in [2.75, 3.05) is 26.2 Å². The van der Waals surface area contributed by atoms with Gasteiger partial charge in [0, 0.05) is 61.0 Å². The van der Waals surface area contributed by atoms with Crippen molar-refractivity contribution in [3.63, 3.8) is 0 Å². The van der Waals surface area contributed by atoms with Crippen LogP contribution in [-0.4, -0.2) is 41.4 Å². The molecule has 3 aromatic carbocycles. The Labute approximate surface area is 236 Å². The molecule has 1 saturated heterocycles. The molecule has 2 aliphatic heterocycles. The van der Waals surface area contributed by atoms with Gasteiger partial charge in [0.2, 0.25) is 0 Å². The number of fused-ring (bicyclic) bond motifs is 1. The molecule has 0 spiro atoms. The van der Waals surface area contributed by atoms with Crippen molar-refractivity contribution in [2.24, 2.45) is 0 Å². The number of likely N-dealkylation sites (tertiary alicyclic amines) is 1. The molecule has 2 N–H and O–H groups in total. The fraction of sp³-hybridized carbons (Fsp3) is 0.310. The molecule has 2 heterocycles. The van der Waals surface area contributed by atoms with E-state index in [1.165, 1.54) is 32.4 Å². The van der Waals surface area contributed by atoms with Crippen molar-refractivity contribution < 1.29 is 19.7 Å². The summed E-state index contributed by atoms with van der Waals surface area (Å²) in [6.07, 6.45) is 3.56. The molecule has 0 aromatic heterocycles. The fourth-order valence-electron chi connectivity index (χ4n) is 4.90. The average Bonchev–Trinajstić information content (AvgIpc) is 2.91. The Morgan fingerprint density at radius 1 is 0.889 bits per heavy atom. The molecule has 1 atom stereocenters. The number of piperidine rings is 1. The number of allylic oxidation sites excluding steroid dienone is 1. The molecule has 7 heteroatoms. The zero-order chi connectivity index (χ0) is 25.5. The van der Waals surface area contributed by atoms with Gasteiger partial charge in [-0.25, -0.2) is 0 Å². The monoisotopic (exact) mass is 711 g/mol. The van der Waals surface area contributed by atoms with Gasteiger partial charge in [-0.3, -0.25) is 4.90 Å². The van der Waals surface area contributed by atoms with E-state index < -0.39 is 0 Å². The van der Waals surface area contributed by atoms with E-state index in [-0.39, 0.29) is 17.6 Å². The van der Waals surface area contributed by atoms with Crippen molar-refractivity contribution in [2.45, 2.75) is 32.3 Å². The minimum atomic E-state index is -0.346. The predicted octanol–water partition coefficient (Wildman–Crippen LogP) is 7.80. The molecular weight excluding hydrogens is 680 g/mol. The summed E-state index contributed by atoms with van der Waals surface area (Å²) in [6.45, 7) is 6.06. The normalized spacial score (nSPS) is 17.5. The van der Waals surface area contributed by atoms with Gasteiger partial charge < -0.3 is 19.7 Å². The van der Waals surface area contributed by atoms with E-state index in [9.17, 15) is 10.2 Å². The second-order valence-electron chi connectivity index (χ2n) is 9.08. The first kappa shape index (κ1) is 27.1. The van der Waals surface area contributed by atoms with Gasteiger partial charge in [-0.2, -0.15) is 0 Å². The highest BCUT2D eigenvalue weighted by Crippen LogP contribution is 2.47. The minimum Gasteiger partial charge on any atom is -0.508 e. The molecule has 3 aromatic rings. The molecular formula is C29H31I2NO4. The van der Waals surface area contributed by atoms with Crippen molar-refractivity contribution in [1.82, 2.24) is 4.90 Å². The zero-order valence-electron chi connectivity index (χ0n) is 20.3. The molecule has 190 valence electrons. The van der Waals surface area contributed by atoms with Crippen LogP contribution in [0.2, 0.25) is 0 Å². The SMILES string of the molecule is CC1=C(c2ccc(O)cc2)C(c2ccc(OCCN3CCCCC3)cc2)Oc2cc(O)ccc21.II. The van der Waals surface area contributed by atoms with Gasteiger partial charge in [0.05, 0.1) is 0 Å². The lowest BCUT2D eigenvalue weighted by molar-refractivity contribution is 0.183. The second kappa shape index (κ2) is 13.0. The van der Waals surface area contributed by atoms with Crippen molar-refractivity contribution in [3.8, 4) is 23.0 Å². The summed E-state index contributed by atoms with van der Waals surface area (Å²) in [5.74, 6) is 1.91. The Morgan fingerprint density at radius 3 is 2.25 bits per heavy atom. The van der Waals surface area contributed by atoms with Crippen LogP contribution in [0.15, 0.2) is 66.7 Å². The Morgan fingerprint density at radius 2 is 1.56 bits per heavy atom. The van der Waals surface area contributed by atoms with Gasteiger partial charge in [-0.15, -0.1) is 0 Å². The number of hydrogen-bond acceptors (Lipinski definition) is 5. The van der Waals surface area contributed by atoms with Crippen LogP contribution in [-0.2, 0) is 0 Å². The number of phenolic OH excluding ortho intramolecular Hbond substituents is 2. The third kappa shape index (κ3) is 6.47. The molecule has 0 saturated carbocycles. The van der Waals surface area contributed by atoms with Crippen LogP contribution in [0.5, 0.6) is 23.0 Å². The van der Waals surface area contributed by atoms with E-state index in [0.717, 1.165) is 40.1 Å². The van der Waals surface area contributed by atoms with Crippen LogP contribution in [0.25, 0.3) is 11.1 Å². The third-order valence-corrected chi connectivity index (χ3v) is 6.77. The Bertz CT molecular complexity index is 1170. The first-order valence-electron chi connectivity index (χ1n) is 12.2. The standard InChI is InChI=1S/C29H31NO4.I2/c1-20-26-14-11-24(32)19-27(26)34-29(28(20)21-5-9-23(31)10-6-21)22-7-12-25(13-8-22)33-18-17-30-15-3-2-4-16-30;1-2/h5-14,19,29,31-32H,2-4,15-18H2,1H3;. The summed E-state index contributed by atoms with van der Waals surface area (Å²) >= 11 is 4.24. The average molecular weight is 711 g/mol. The molecule has 0 amide bonds. The molecule has 5 nitrogen and oxygen atoms in total. The van der Waals surface area contributed by atoms with Crippen LogP contribution in [0.4, 0.5) is 0 Å². The van der Waals surface area contributed by atoms with Crippen LogP contribution in [0, 0.1) is 0 Å². The lowest BCUT2D eigenvalue weighted by atomic mass is 9.86. The quantitative estimate of drug-likeness (QED) is 0.256. The highest BCUT2D eigenvalue weighted by atomic mass is 128. The Balaban J connectivity index is 0.00000148. The number of phenols is 2. The Hall–Kier alpha value is -1.98. The summed E-state index contributed by atoms with van der Waals surface area (Å²) in [7, 11) is 0. The Kier molecular flexibility index (Phi) is 9.78. The van der Waals surface area contributed by atoms with Crippen molar-refractivity contribution in [3.05, 3.63) is 83.4 Å². The minimum absolute atomic E-state index is 0.177. The first-order valence-corrected chi connectivity index (χ1v) is 18.5. The lowest BCUT2D eigenvalue weighted by Gasteiger charge is -2.31. The zero-order valence-corrected chi connectivity index (χ0v) is 24.6. The molecule has 0 radical (unpaired) electrons. The number of aromatic hydroxyl groups is 2. The number of benzene rings is 3. The maximum atomic E-state index is 10.0. The van der Waals surface area contributed by atoms with E-state index in [0.29, 0.717) is 12.4 Å². The van der Waals surface area contributed by atoms with Crippen LogP contribution >= 0.6 is 37.2 Å². The molecule has 36 heavy (non-hydrogen) atoms. The maximum absolute atomic E-state index is 10.0. The molecule has 1 unspecified atom stereocenters. The van der Waals surface area contributed by atoms with Gasteiger partial charge >= 0.3 is 0 Å². The van der Waals surface area contributed by atoms with Crippen molar-refractivity contribution >= 4 is 48.4 Å². The number of hydrogen-bond donors (Lipinski definition) is 2. The van der Waals surface area contributed by atoms with Gasteiger partial charge in [0.1, 0.15) is 35.7 Å². The summed E-state index contributed by atoms with van der Waals surface area (Å²) in [5, 5.41) is 19.8. The van der Waals surface area contributed by atoms with Gasteiger partial charge in [-0.05, 0) is 86.0 Å². The second-order valence-corrected chi connectivity index (χ2v) is 9.08. The van der Waals surface area contributed by atoms with E-state index >= 15 is 0 Å². The summed E-state index contributed by atoms with van der Waals surface area (Å²) in [4.78, 5) is 2.47. The van der Waals surface area contributed by atoms with E-state index in [1.807, 2.05) is 42.5 Å². The predicted molar refractivity (Wildman–Crippen MR) is 162 cm³/mol. The number of ether oxygens (including phenoxy) is 2. The highest BCUT2D eigenvalue weighted by molar-refractivity contribution is 15.0. The fourth-order valence-corrected chi connectivity index (χ4v) is 4.90. The topological polar surface area (TPSA) is 62.2 Å². The smallest absolute Gasteiger partial charge is 0.150 e. The number of halogens is 2. The van der Waals surface area contributed by atoms with E-state index in [2.05, 4.69) is 49.1 Å². The van der Waals surface area contributed by atoms with Gasteiger partial charge in [0.25, 0.3) is 0 Å². The summed E-state index contributed by atoms with van der Waals surface area (Å²) < 4.78 is 12.5. The van der Waals surface area contributed by atoms with Crippen LogP contribution in [0.3, 0.4) is 0 Å². The van der Waals surface area contributed by atoms with Crippen LogP contribution < -0.4 is 9.47 Å². The first-order chi connectivity index (χ1) is 17.6. The van der Waals surface area contributed by atoms with Crippen molar-refractivity contribution in [1.29, 1.82) is 0 Å². The molecule has 5 rings (SSSR count). The van der Waals surface area contributed by atoms with Crippen LogP contribution in [0.1, 0.15) is 49.0 Å². The van der Waals surface area contributed by atoms with E-state index in [1.54, 1.807) is 24.3 Å². The number of nitrogens with zero attached hydrogens (tertiary/aromatic N) is 1. The largest absolute Gasteiger partial charge is 0.508 e. The highest BCUT2D eigenvalue weighted by Gasteiger charge is 2.29. The van der Waals surface area contributed by atoms with Gasteiger partial charge in [-0.1, -0.05) is 30.7 Å². The van der Waals surface area contributed by atoms with E-state index in [4.69, 9.17) is 9.47 Å². The summed E-state index contributed by atoms with van der Waals surface area (Å²) in [6, 6.07) is 20.5. The number of rotatable bonds is 6.